The largest absolute Gasteiger partial charge is 0.338 e. The SMILES string of the molecule is CC1CCN(C(=O)c2cccc(Cl)c2)C1. The summed E-state index contributed by atoms with van der Waals surface area (Å²) >= 11 is 5.85. The Kier molecular flexibility index (Phi) is 2.96. The van der Waals surface area contributed by atoms with Crippen LogP contribution in [0.25, 0.3) is 0 Å². The predicted octanol–water partition coefficient (Wildman–Crippen LogP) is 2.82. The normalized spacial score (nSPS) is 20.7. The summed E-state index contributed by atoms with van der Waals surface area (Å²) in [5.41, 5.74) is 0.691. The zero-order valence-corrected chi connectivity index (χ0v) is 9.50. The first kappa shape index (κ1) is 10.5. The number of halogens is 1. The molecule has 0 radical (unpaired) electrons. The second-order valence-electron chi connectivity index (χ2n) is 4.16. The molecule has 1 amide bonds. The summed E-state index contributed by atoms with van der Waals surface area (Å²) in [5.74, 6) is 0.718. The Morgan fingerprint density at radius 3 is 2.93 bits per heavy atom. The molecule has 1 aromatic carbocycles. The van der Waals surface area contributed by atoms with Crippen molar-refractivity contribution < 1.29 is 4.79 Å². The molecule has 1 saturated heterocycles. The lowest BCUT2D eigenvalue weighted by atomic mass is 10.2. The van der Waals surface area contributed by atoms with Gasteiger partial charge in [0, 0.05) is 23.7 Å². The van der Waals surface area contributed by atoms with Crippen LogP contribution in [0, 0.1) is 5.92 Å². The Bertz CT molecular complexity index is 378. The van der Waals surface area contributed by atoms with Crippen molar-refractivity contribution in [1.82, 2.24) is 4.90 Å². The fraction of sp³-hybridized carbons (Fsp3) is 0.417. The number of amides is 1. The molecule has 1 heterocycles. The summed E-state index contributed by atoms with van der Waals surface area (Å²) in [6.07, 6.45) is 1.10. The Balaban J connectivity index is 2.14. The van der Waals surface area contributed by atoms with E-state index in [4.69, 9.17) is 11.6 Å². The standard InChI is InChI=1S/C12H14ClNO/c1-9-5-6-14(8-9)12(15)10-3-2-4-11(13)7-10/h2-4,7,9H,5-6,8H2,1H3. The molecular weight excluding hydrogens is 210 g/mol. The van der Waals surface area contributed by atoms with E-state index in [1.807, 2.05) is 17.0 Å². The van der Waals surface area contributed by atoms with Crippen LogP contribution in [-0.2, 0) is 0 Å². The van der Waals surface area contributed by atoms with Crippen LogP contribution < -0.4 is 0 Å². The minimum absolute atomic E-state index is 0.0989. The topological polar surface area (TPSA) is 20.3 Å². The maximum atomic E-state index is 12.0. The van der Waals surface area contributed by atoms with Crippen molar-refractivity contribution in [2.24, 2.45) is 5.92 Å². The first-order valence-electron chi connectivity index (χ1n) is 5.21. The van der Waals surface area contributed by atoms with Gasteiger partial charge in [0.2, 0.25) is 0 Å². The summed E-state index contributed by atoms with van der Waals surface area (Å²) in [6, 6.07) is 7.14. The molecule has 0 N–H and O–H groups in total. The van der Waals surface area contributed by atoms with E-state index < -0.39 is 0 Å². The lowest BCUT2D eigenvalue weighted by Gasteiger charge is -2.15. The van der Waals surface area contributed by atoms with Crippen LogP contribution in [0.1, 0.15) is 23.7 Å². The lowest BCUT2D eigenvalue weighted by molar-refractivity contribution is 0.0788. The van der Waals surface area contributed by atoms with Gasteiger partial charge in [-0.2, -0.15) is 0 Å². The van der Waals surface area contributed by atoms with Crippen molar-refractivity contribution in [3.05, 3.63) is 34.9 Å². The van der Waals surface area contributed by atoms with E-state index in [-0.39, 0.29) is 5.91 Å². The number of rotatable bonds is 1. The molecule has 1 aliphatic rings. The smallest absolute Gasteiger partial charge is 0.253 e. The molecule has 1 aromatic rings. The highest BCUT2D eigenvalue weighted by atomic mass is 35.5. The highest BCUT2D eigenvalue weighted by Crippen LogP contribution is 2.19. The minimum Gasteiger partial charge on any atom is -0.338 e. The van der Waals surface area contributed by atoms with Gasteiger partial charge in [0.05, 0.1) is 0 Å². The number of hydrogen-bond donors (Lipinski definition) is 0. The first-order chi connectivity index (χ1) is 7.16. The predicted molar refractivity (Wildman–Crippen MR) is 61.1 cm³/mol. The molecule has 1 aliphatic heterocycles. The third kappa shape index (κ3) is 2.32. The average Bonchev–Trinajstić information content (AvgIpc) is 2.64. The summed E-state index contributed by atoms with van der Waals surface area (Å²) in [4.78, 5) is 13.9. The Morgan fingerprint density at radius 2 is 2.33 bits per heavy atom. The Hall–Kier alpha value is -1.02. The van der Waals surface area contributed by atoms with Gasteiger partial charge in [-0.25, -0.2) is 0 Å². The molecule has 2 rings (SSSR count). The van der Waals surface area contributed by atoms with Crippen LogP contribution in [0.3, 0.4) is 0 Å². The van der Waals surface area contributed by atoms with E-state index in [9.17, 15) is 4.79 Å². The van der Waals surface area contributed by atoms with Gasteiger partial charge < -0.3 is 4.90 Å². The molecule has 80 valence electrons. The van der Waals surface area contributed by atoms with Crippen molar-refractivity contribution in [2.75, 3.05) is 13.1 Å². The van der Waals surface area contributed by atoms with Crippen molar-refractivity contribution in [2.45, 2.75) is 13.3 Å². The van der Waals surface area contributed by atoms with E-state index in [0.717, 1.165) is 19.5 Å². The van der Waals surface area contributed by atoms with Gasteiger partial charge in [0.15, 0.2) is 0 Å². The molecular formula is C12H14ClNO. The van der Waals surface area contributed by atoms with Crippen molar-refractivity contribution in [3.63, 3.8) is 0 Å². The van der Waals surface area contributed by atoms with E-state index in [2.05, 4.69) is 6.92 Å². The highest BCUT2D eigenvalue weighted by molar-refractivity contribution is 6.30. The van der Waals surface area contributed by atoms with E-state index in [1.165, 1.54) is 0 Å². The molecule has 1 unspecified atom stereocenters. The van der Waals surface area contributed by atoms with E-state index >= 15 is 0 Å². The lowest BCUT2D eigenvalue weighted by Crippen LogP contribution is -2.28. The molecule has 2 nitrogen and oxygen atoms in total. The third-order valence-electron chi connectivity index (χ3n) is 2.78. The van der Waals surface area contributed by atoms with Crippen molar-refractivity contribution in [1.29, 1.82) is 0 Å². The molecule has 1 atom stereocenters. The van der Waals surface area contributed by atoms with Gasteiger partial charge in [-0.15, -0.1) is 0 Å². The minimum atomic E-state index is 0.0989. The summed E-state index contributed by atoms with van der Waals surface area (Å²) in [7, 11) is 0. The number of benzene rings is 1. The maximum absolute atomic E-state index is 12.0. The van der Waals surface area contributed by atoms with Crippen molar-refractivity contribution in [3.8, 4) is 0 Å². The molecule has 3 heteroatoms. The van der Waals surface area contributed by atoms with Gasteiger partial charge in [-0.05, 0) is 30.5 Å². The van der Waals surface area contributed by atoms with Gasteiger partial charge in [0.25, 0.3) is 5.91 Å². The number of nitrogens with zero attached hydrogens (tertiary/aromatic N) is 1. The molecule has 0 spiro atoms. The Morgan fingerprint density at radius 1 is 1.53 bits per heavy atom. The Labute approximate surface area is 94.8 Å². The monoisotopic (exact) mass is 223 g/mol. The second kappa shape index (κ2) is 4.23. The summed E-state index contributed by atoms with van der Waals surface area (Å²) in [5, 5.41) is 0.619. The van der Waals surface area contributed by atoms with Gasteiger partial charge in [-0.3, -0.25) is 4.79 Å². The van der Waals surface area contributed by atoms with Gasteiger partial charge >= 0.3 is 0 Å². The van der Waals surface area contributed by atoms with Crippen molar-refractivity contribution >= 4 is 17.5 Å². The third-order valence-corrected chi connectivity index (χ3v) is 3.02. The number of carbonyl (C=O) groups is 1. The number of hydrogen-bond acceptors (Lipinski definition) is 1. The fourth-order valence-corrected chi connectivity index (χ4v) is 2.11. The molecule has 15 heavy (non-hydrogen) atoms. The second-order valence-corrected chi connectivity index (χ2v) is 4.59. The highest BCUT2D eigenvalue weighted by Gasteiger charge is 2.23. The van der Waals surface area contributed by atoms with E-state index in [0.29, 0.717) is 16.5 Å². The van der Waals surface area contributed by atoms with Crippen LogP contribution in [0.15, 0.2) is 24.3 Å². The van der Waals surface area contributed by atoms with Crippen LogP contribution in [0.2, 0.25) is 5.02 Å². The quantitative estimate of drug-likeness (QED) is 0.717. The van der Waals surface area contributed by atoms with Crippen LogP contribution >= 0.6 is 11.6 Å². The molecule has 0 saturated carbocycles. The molecule has 0 bridgehead atoms. The molecule has 0 aliphatic carbocycles. The average molecular weight is 224 g/mol. The van der Waals surface area contributed by atoms with Crippen LogP contribution in [-0.4, -0.2) is 23.9 Å². The van der Waals surface area contributed by atoms with E-state index in [1.54, 1.807) is 12.1 Å². The molecule has 1 fully saturated rings. The first-order valence-corrected chi connectivity index (χ1v) is 5.59. The van der Waals surface area contributed by atoms with Gasteiger partial charge in [-0.1, -0.05) is 24.6 Å². The molecule has 0 aromatic heterocycles. The zero-order chi connectivity index (χ0) is 10.8. The van der Waals surface area contributed by atoms with Gasteiger partial charge in [0.1, 0.15) is 0 Å². The summed E-state index contributed by atoms with van der Waals surface area (Å²) < 4.78 is 0. The number of likely N-dealkylation sites (tertiary alicyclic amines) is 1. The summed E-state index contributed by atoms with van der Waals surface area (Å²) in [6.45, 7) is 3.91. The fourth-order valence-electron chi connectivity index (χ4n) is 1.92. The zero-order valence-electron chi connectivity index (χ0n) is 8.74. The van der Waals surface area contributed by atoms with Crippen LogP contribution in [0.4, 0.5) is 0 Å². The van der Waals surface area contributed by atoms with Crippen LogP contribution in [0.5, 0.6) is 0 Å². The maximum Gasteiger partial charge on any atom is 0.253 e. The number of carbonyl (C=O) groups excluding carboxylic acids is 1.